The summed E-state index contributed by atoms with van der Waals surface area (Å²) in [5.41, 5.74) is 6.06. The molecule has 0 saturated heterocycles. The highest BCUT2D eigenvalue weighted by Gasteiger charge is 2.06. The lowest BCUT2D eigenvalue weighted by Gasteiger charge is -2.09. The van der Waals surface area contributed by atoms with Gasteiger partial charge in [0.15, 0.2) is 0 Å². The van der Waals surface area contributed by atoms with Gasteiger partial charge in [-0.1, -0.05) is 11.6 Å². The number of aromatic nitrogens is 1. The van der Waals surface area contributed by atoms with E-state index in [2.05, 4.69) is 4.98 Å². The zero-order chi connectivity index (χ0) is 12.1. The van der Waals surface area contributed by atoms with Crippen molar-refractivity contribution in [2.45, 2.75) is 17.4 Å². The van der Waals surface area contributed by atoms with E-state index < -0.39 is 0 Å². The third-order valence-electron chi connectivity index (χ3n) is 2.20. The molecular weight excluding hydrogens is 272 g/mol. The van der Waals surface area contributed by atoms with Gasteiger partial charge in [0.2, 0.25) is 0 Å². The van der Waals surface area contributed by atoms with Crippen LogP contribution in [0, 0.1) is 0 Å². The van der Waals surface area contributed by atoms with Crippen LogP contribution in [0.2, 0.25) is 5.02 Å². The third kappa shape index (κ3) is 4.32. The molecule has 0 bridgehead atoms. The smallest absolute Gasteiger partial charge is 0.0940 e. The van der Waals surface area contributed by atoms with Gasteiger partial charge in [0, 0.05) is 39.7 Å². The normalized spacial score (nSPS) is 12.6. The van der Waals surface area contributed by atoms with Gasteiger partial charge < -0.3 is 5.73 Å². The standard InChI is InChI=1S/C12H13ClN2S2/c13-9-1-3-11(4-2-9)17-8-10(14)7-12-15-5-6-16-12/h1-6,10H,7-8,14H2. The first-order valence-electron chi connectivity index (χ1n) is 5.26. The molecule has 0 saturated carbocycles. The molecule has 0 spiro atoms. The maximum absolute atomic E-state index is 6.06. The molecule has 1 atom stereocenters. The maximum Gasteiger partial charge on any atom is 0.0940 e. The van der Waals surface area contributed by atoms with E-state index in [0.717, 1.165) is 22.2 Å². The van der Waals surface area contributed by atoms with E-state index in [1.54, 1.807) is 23.1 Å². The Kier molecular flexibility index (Phi) is 4.86. The molecule has 2 N–H and O–H groups in total. The molecule has 1 heterocycles. The summed E-state index contributed by atoms with van der Waals surface area (Å²) in [6, 6.07) is 7.97. The first-order valence-corrected chi connectivity index (χ1v) is 7.50. The van der Waals surface area contributed by atoms with Crippen molar-refractivity contribution in [3.63, 3.8) is 0 Å². The lowest BCUT2D eigenvalue weighted by molar-refractivity contribution is 0.744. The van der Waals surface area contributed by atoms with E-state index in [0.29, 0.717) is 0 Å². The minimum absolute atomic E-state index is 0.141. The average Bonchev–Trinajstić information content (AvgIpc) is 2.81. The van der Waals surface area contributed by atoms with Crippen molar-refractivity contribution < 1.29 is 0 Å². The van der Waals surface area contributed by atoms with Gasteiger partial charge in [-0.2, -0.15) is 0 Å². The van der Waals surface area contributed by atoms with Crippen LogP contribution in [0.3, 0.4) is 0 Å². The monoisotopic (exact) mass is 284 g/mol. The summed E-state index contributed by atoms with van der Waals surface area (Å²) < 4.78 is 0. The number of nitrogens with zero attached hydrogens (tertiary/aromatic N) is 1. The Morgan fingerprint density at radius 3 is 2.76 bits per heavy atom. The summed E-state index contributed by atoms with van der Waals surface area (Å²) >= 11 is 9.24. The van der Waals surface area contributed by atoms with Crippen LogP contribution in [0.1, 0.15) is 5.01 Å². The fourth-order valence-corrected chi connectivity index (χ4v) is 3.06. The highest BCUT2D eigenvalue weighted by atomic mass is 35.5. The molecule has 2 aromatic rings. The average molecular weight is 285 g/mol. The number of hydrogen-bond donors (Lipinski definition) is 1. The van der Waals surface area contributed by atoms with Gasteiger partial charge >= 0.3 is 0 Å². The first kappa shape index (κ1) is 12.9. The molecule has 0 radical (unpaired) electrons. The van der Waals surface area contributed by atoms with Gasteiger partial charge in [0.1, 0.15) is 0 Å². The maximum atomic E-state index is 6.06. The number of hydrogen-bond acceptors (Lipinski definition) is 4. The number of thiazole rings is 1. The zero-order valence-electron chi connectivity index (χ0n) is 9.17. The van der Waals surface area contributed by atoms with E-state index in [9.17, 15) is 0 Å². The minimum atomic E-state index is 0.141. The summed E-state index contributed by atoms with van der Waals surface area (Å²) in [6.45, 7) is 0. The molecule has 0 aliphatic rings. The lowest BCUT2D eigenvalue weighted by Crippen LogP contribution is -2.25. The third-order valence-corrected chi connectivity index (χ3v) is 4.45. The number of halogens is 1. The molecule has 0 aliphatic carbocycles. The highest BCUT2D eigenvalue weighted by Crippen LogP contribution is 2.21. The Hall–Kier alpha value is -0.550. The molecular formula is C12H13ClN2S2. The van der Waals surface area contributed by atoms with Gasteiger partial charge in [0.05, 0.1) is 5.01 Å². The van der Waals surface area contributed by atoms with Crippen molar-refractivity contribution in [1.82, 2.24) is 4.98 Å². The fourth-order valence-electron chi connectivity index (χ4n) is 1.37. The summed E-state index contributed by atoms with van der Waals surface area (Å²) in [5.74, 6) is 0.890. The van der Waals surface area contributed by atoms with E-state index in [1.165, 1.54) is 4.90 Å². The second-order valence-corrected chi connectivity index (χ2v) is 6.16. The Bertz CT molecular complexity index is 442. The van der Waals surface area contributed by atoms with Crippen molar-refractivity contribution in [2.24, 2.45) is 5.73 Å². The number of thioether (sulfide) groups is 1. The molecule has 0 aliphatic heterocycles. The predicted octanol–water partition coefficient (Wildman–Crippen LogP) is 3.46. The van der Waals surface area contributed by atoms with Crippen LogP contribution in [0.5, 0.6) is 0 Å². The molecule has 0 amide bonds. The van der Waals surface area contributed by atoms with Gasteiger partial charge in [-0.05, 0) is 24.3 Å². The molecule has 1 unspecified atom stereocenters. The van der Waals surface area contributed by atoms with Gasteiger partial charge in [-0.25, -0.2) is 4.98 Å². The van der Waals surface area contributed by atoms with E-state index in [4.69, 9.17) is 17.3 Å². The first-order chi connectivity index (χ1) is 8.24. The minimum Gasteiger partial charge on any atom is -0.327 e. The second kappa shape index (κ2) is 6.40. The fraction of sp³-hybridized carbons (Fsp3) is 0.250. The number of nitrogens with two attached hydrogens (primary N) is 1. The van der Waals surface area contributed by atoms with Crippen molar-refractivity contribution in [3.8, 4) is 0 Å². The van der Waals surface area contributed by atoms with Crippen LogP contribution in [-0.4, -0.2) is 16.8 Å². The largest absolute Gasteiger partial charge is 0.327 e. The molecule has 2 nitrogen and oxygen atoms in total. The molecule has 1 aromatic carbocycles. The highest BCUT2D eigenvalue weighted by molar-refractivity contribution is 7.99. The van der Waals surface area contributed by atoms with Crippen molar-refractivity contribution in [1.29, 1.82) is 0 Å². The van der Waals surface area contributed by atoms with E-state index in [-0.39, 0.29) is 6.04 Å². The van der Waals surface area contributed by atoms with Gasteiger partial charge in [0.25, 0.3) is 0 Å². The van der Waals surface area contributed by atoms with Crippen LogP contribution < -0.4 is 5.73 Å². The molecule has 90 valence electrons. The van der Waals surface area contributed by atoms with Crippen LogP contribution in [0.25, 0.3) is 0 Å². The van der Waals surface area contributed by atoms with Crippen LogP contribution >= 0.6 is 34.7 Å². The van der Waals surface area contributed by atoms with Gasteiger partial charge in [-0.15, -0.1) is 23.1 Å². The molecule has 5 heteroatoms. The Balaban J connectivity index is 1.79. The van der Waals surface area contributed by atoms with Crippen molar-refractivity contribution in [3.05, 3.63) is 45.9 Å². The SMILES string of the molecule is NC(CSc1ccc(Cl)cc1)Cc1nccs1. The predicted molar refractivity (Wildman–Crippen MR) is 76.0 cm³/mol. The Labute approximate surface area is 114 Å². The molecule has 2 rings (SSSR count). The van der Waals surface area contributed by atoms with Crippen LogP contribution in [0.4, 0.5) is 0 Å². The van der Waals surface area contributed by atoms with Crippen LogP contribution in [0.15, 0.2) is 40.7 Å². The summed E-state index contributed by atoms with van der Waals surface area (Å²) in [7, 11) is 0. The Morgan fingerprint density at radius 2 is 2.12 bits per heavy atom. The quantitative estimate of drug-likeness (QED) is 0.855. The van der Waals surface area contributed by atoms with E-state index >= 15 is 0 Å². The summed E-state index contributed by atoms with van der Waals surface area (Å²) in [6.07, 6.45) is 2.66. The Morgan fingerprint density at radius 1 is 1.35 bits per heavy atom. The van der Waals surface area contributed by atoms with Gasteiger partial charge in [-0.3, -0.25) is 0 Å². The number of benzene rings is 1. The van der Waals surface area contributed by atoms with Crippen LogP contribution in [-0.2, 0) is 6.42 Å². The second-order valence-electron chi connectivity index (χ2n) is 3.65. The topological polar surface area (TPSA) is 38.9 Å². The molecule has 1 aromatic heterocycles. The zero-order valence-corrected chi connectivity index (χ0v) is 11.6. The molecule has 17 heavy (non-hydrogen) atoms. The van der Waals surface area contributed by atoms with Crippen molar-refractivity contribution >= 4 is 34.7 Å². The summed E-state index contributed by atoms with van der Waals surface area (Å²) in [5, 5.41) is 3.85. The lowest BCUT2D eigenvalue weighted by atomic mass is 10.3. The van der Waals surface area contributed by atoms with E-state index in [1.807, 2.05) is 35.8 Å². The summed E-state index contributed by atoms with van der Waals surface area (Å²) in [4.78, 5) is 5.43. The number of rotatable bonds is 5. The molecule has 0 fully saturated rings. The van der Waals surface area contributed by atoms with Crippen molar-refractivity contribution in [2.75, 3.05) is 5.75 Å².